The Morgan fingerprint density at radius 2 is 1.84 bits per heavy atom. The Kier molecular flexibility index (Phi) is 9.08. The van der Waals surface area contributed by atoms with E-state index in [9.17, 15) is 0 Å². The lowest BCUT2D eigenvalue weighted by Crippen LogP contribution is -2.44. The van der Waals surface area contributed by atoms with Crippen molar-refractivity contribution in [1.82, 2.24) is 10.2 Å². The van der Waals surface area contributed by atoms with Crippen molar-refractivity contribution in [2.75, 3.05) is 26.2 Å². The number of hydrogen-bond donors (Lipinski definition) is 1. The number of hydrogen-bond acceptors (Lipinski definition) is 2. The van der Waals surface area contributed by atoms with Gasteiger partial charge in [-0.2, -0.15) is 0 Å². The van der Waals surface area contributed by atoms with E-state index in [-0.39, 0.29) is 30.9 Å². The Bertz CT molecular complexity index is 406. The third-order valence-corrected chi connectivity index (χ3v) is 3.61. The van der Waals surface area contributed by atoms with E-state index in [2.05, 4.69) is 16.8 Å². The predicted molar refractivity (Wildman–Crippen MR) is 88.3 cm³/mol. The summed E-state index contributed by atoms with van der Waals surface area (Å²) in [7, 11) is 0. The second kappa shape index (κ2) is 9.06. The molecular formula is C13H18Cl4N2. The standard InChI is InChI=1S/C13H16Cl2N2.2ClH/c1-2-13(17-7-5-16-6-8-17)11-4-3-10(14)9-12(11)15;;/h2-4,9,13,16H,1,5-8H2;2*1H/t13-;;/m1../s1. The van der Waals surface area contributed by atoms with Crippen LogP contribution < -0.4 is 5.32 Å². The summed E-state index contributed by atoms with van der Waals surface area (Å²) in [5, 5.41) is 4.72. The van der Waals surface area contributed by atoms with Gasteiger partial charge in [0, 0.05) is 36.2 Å². The van der Waals surface area contributed by atoms with Gasteiger partial charge in [0.05, 0.1) is 6.04 Å². The summed E-state index contributed by atoms with van der Waals surface area (Å²) >= 11 is 12.2. The Morgan fingerprint density at radius 3 is 2.37 bits per heavy atom. The molecule has 0 aromatic heterocycles. The second-order valence-electron chi connectivity index (χ2n) is 4.13. The topological polar surface area (TPSA) is 15.3 Å². The van der Waals surface area contributed by atoms with E-state index in [1.54, 1.807) is 6.07 Å². The minimum Gasteiger partial charge on any atom is -0.314 e. The van der Waals surface area contributed by atoms with Gasteiger partial charge in [-0.25, -0.2) is 0 Å². The van der Waals surface area contributed by atoms with E-state index in [1.807, 2.05) is 18.2 Å². The highest BCUT2D eigenvalue weighted by molar-refractivity contribution is 6.35. The lowest BCUT2D eigenvalue weighted by atomic mass is 10.0. The molecule has 0 spiro atoms. The molecule has 1 atom stereocenters. The molecule has 1 aliphatic heterocycles. The summed E-state index contributed by atoms with van der Waals surface area (Å²) in [6.07, 6.45) is 1.94. The Hall–Kier alpha value is 0.0400. The first-order valence-corrected chi connectivity index (χ1v) is 6.50. The molecule has 0 aliphatic carbocycles. The summed E-state index contributed by atoms with van der Waals surface area (Å²) in [5.41, 5.74) is 1.08. The van der Waals surface area contributed by atoms with E-state index in [0.29, 0.717) is 10.0 Å². The highest BCUT2D eigenvalue weighted by atomic mass is 35.5. The van der Waals surface area contributed by atoms with Crippen LogP contribution in [-0.2, 0) is 0 Å². The molecule has 0 saturated carbocycles. The highest BCUT2D eigenvalue weighted by Gasteiger charge is 2.21. The van der Waals surface area contributed by atoms with Crippen molar-refractivity contribution < 1.29 is 0 Å². The van der Waals surface area contributed by atoms with Crippen LogP contribution in [0.1, 0.15) is 11.6 Å². The zero-order valence-corrected chi connectivity index (χ0v) is 13.6. The van der Waals surface area contributed by atoms with E-state index < -0.39 is 0 Å². The van der Waals surface area contributed by atoms with Gasteiger partial charge in [0.1, 0.15) is 0 Å². The molecule has 108 valence electrons. The third kappa shape index (κ3) is 4.82. The van der Waals surface area contributed by atoms with Crippen LogP contribution in [0, 0.1) is 0 Å². The van der Waals surface area contributed by atoms with Gasteiger partial charge in [0.15, 0.2) is 0 Å². The van der Waals surface area contributed by atoms with Crippen LogP contribution in [0.4, 0.5) is 0 Å². The molecule has 0 unspecified atom stereocenters. The van der Waals surface area contributed by atoms with Crippen molar-refractivity contribution in [1.29, 1.82) is 0 Å². The van der Waals surface area contributed by atoms with Gasteiger partial charge in [-0.1, -0.05) is 35.3 Å². The molecule has 6 heteroatoms. The number of rotatable bonds is 3. The fraction of sp³-hybridized carbons (Fsp3) is 0.385. The molecule has 1 N–H and O–H groups in total. The lowest BCUT2D eigenvalue weighted by molar-refractivity contribution is 0.203. The van der Waals surface area contributed by atoms with Gasteiger partial charge in [-0.05, 0) is 17.7 Å². The summed E-state index contributed by atoms with van der Waals surface area (Å²) in [5.74, 6) is 0. The minimum atomic E-state index is 0. The van der Waals surface area contributed by atoms with Crippen LogP contribution in [0.15, 0.2) is 30.9 Å². The number of piperazine rings is 1. The smallest absolute Gasteiger partial charge is 0.0544 e. The first kappa shape index (κ1) is 19.0. The van der Waals surface area contributed by atoms with Crippen molar-refractivity contribution in [3.05, 3.63) is 46.5 Å². The Balaban J connectivity index is 0.00000162. The van der Waals surface area contributed by atoms with Crippen LogP contribution in [0.2, 0.25) is 10.0 Å². The number of nitrogens with one attached hydrogen (secondary N) is 1. The quantitative estimate of drug-likeness (QED) is 0.835. The number of halogens is 4. The summed E-state index contributed by atoms with van der Waals surface area (Å²) in [6.45, 7) is 7.96. The van der Waals surface area contributed by atoms with Crippen LogP contribution >= 0.6 is 48.0 Å². The van der Waals surface area contributed by atoms with E-state index in [0.717, 1.165) is 31.7 Å². The van der Waals surface area contributed by atoms with Crippen LogP contribution in [0.25, 0.3) is 0 Å². The average Bonchev–Trinajstić information content (AvgIpc) is 2.34. The molecule has 19 heavy (non-hydrogen) atoms. The number of nitrogens with zero attached hydrogens (tertiary/aromatic N) is 1. The molecule has 1 heterocycles. The van der Waals surface area contributed by atoms with Gasteiger partial charge >= 0.3 is 0 Å². The fourth-order valence-electron chi connectivity index (χ4n) is 2.17. The molecule has 2 rings (SSSR count). The van der Waals surface area contributed by atoms with Crippen molar-refractivity contribution in [2.45, 2.75) is 6.04 Å². The number of benzene rings is 1. The molecular weight excluding hydrogens is 326 g/mol. The van der Waals surface area contributed by atoms with Crippen LogP contribution in [0.3, 0.4) is 0 Å². The SMILES string of the molecule is C=C[C@H](c1ccc(Cl)cc1Cl)N1CCNCC1.Cl.Cl. The predicted octanol–water partition coefficient (Wildman–Crippen LogP) is 3.97. The molecule has 2 nitrogen and oxygen atoms in total. The summed E-state index contributed by atoms with van der Waals surface area (Å²) in [4.78, 5) is 2.37. The van der Waals surface area contributed by atoms with Gasteiger partial charge in [0.2, 0.25) is 0 Å². The Labute approximate surface area is 137 Å². The van der Waals surface area contributed by atoms with E-state index in [4.69, 9.17) is 23.2 Å². The molecule has 0 amide bonds. The Morgan fingerprint density at radius 1 is 1.21 bits per heavy atom. The first-order chi connectivity index (χ1) is 8.22. The maximum absolute atomic E-state index is 6.25. The van der Waals surface area contributed by atoms with E-state index >= 15 is 0 Å². The maximum atomic E-state index is 6.25. The van der Waals surface area contributed by atoms with Gasteiger partial charge < -0.3 is 5.32 Å². The van der Waals surface area contributed by atoms with Crippen molar-refractivity contribution >= 4 is 48.0 Å². The van der Waals surface area contributed by atoms with Gasteiger partial charge in [0.25, 0.3) is 0 Å². The van der Waals surface area contributed by atoms with Crippen LogP contribution in [0.5, 0.6) is 0 Å². The molecule has 0 bridgehead atoms. The highest BCUT2D eigenvalue weighted by Crippen LogP contribution is 2.30. The molecule has 1 aromatic rings. The lowest BCUT2D eigenvalue weighted by Gasteiger charge is -2.33. The third-order valence-electron chi connectivity index (χ3n) is 3.05. The zero-order chi connectivity index (χ0) is 12.3. The maximum Gasteiger partial charge on any atom is 0.0544 e. The zero-order valence-electron chi connectivity index (χ0n) is 10.4. The largest absolute Gasteiger partial charge is 0.314 e. The monoisotopic (exact) mass is 342 g/mol. The van der Waals surface area contributed by atoms with Gasteiger partial charge in [-0.3, -0.25) is 4.90 Å². The molecule has 1 aromatic carbocycles. The second-order valence-corrected chi connectivity index (χ2v) is 4.98. The van der Waals surface area contributed by atoms with Crippen molar-refractivity contribution in [3.8, 4) is 0 Å². The normalized spacial score (nSPS) is 16.9. The van der Waals surface area contributed by atoms with Gasteiger partial charge in [-0.15, -0.1) is 31.4 Å². The summed E-state index contributed by atoms with van der Waals surface area (Å²) < 4.78 is 0. The van der Waals surface area contributed by atoms with Crippen LogP contribution in [-0.4, -0.2) is 31.1 Å². The van der Waals surface area contributed by atoms with Crippen molar-refractivity contribution in [3.63, 3.8) is 0 Å². The molecule has 1 fully saturated rings. The van der Waals surface area contributed by atoms with E-state index in [1.165, 1.54) is 0 Å². The first-order valence-electron chi connectivity index (χ1n) is 5.74. The fourth-order valence-corrected chi connectivity index (χ4v) is 2.69. The summed E-state index contributed by atoms with van der Waals surface area (Å²) in [6, 6.07) is 5.82. The average molecular weight is 344 g/mol. The molecule has 0 radical (unpaired) electrons. The molecule has 1 aliphatic rings. The minimum absolute atomic E-state index is 0. The molecule has 1 saturated heterocycles. The van der Waals surface area contributed by atoms with Crippen molar-refractivity contribution in [2.24, 2.45) is 0 Å².